The lowest BCUT2D eigenvalue weighted by Gasteiger charge is -2.34. The fourth-order valence-corrected chi connectivity index (χ4v) is 3.72. The van der Waals surface area contributed by atoms with E-state index in [4.69, 9.17) is 0 Å². The minimum Gasteiger partial charge on any atom is -0.374 e. The van der Waals surface area contributed by atoms with Crippen molar-refractivity contribution >= 4 is 22.5 Å². The van der Waals surface area contributed by atoms with E-state index in [0.717, 1.165) is 54.8 Å². The highest BCUT2D eigenvalue weighted by Gasteiger charge is 2.22. The summed E-state index contributed by atoms with van der Waals surface area (Å²) in [5.41, 5.74) is 2.79. The second-order valence-electron chi connectivity index (χ2n) is 7.22. The van der Waals surface area contributed by atoms with Crippen LogP contribution < -0.4 is 10.2 Å². The topological polar surface area (TPSA) is 48.5 Å². The van der Waals surface area contributed by atoms with Crippen LogP contribution in [-0.4, -0.2) is 56.1 Å². The van der Waals surface area contributed by atoms with Crippen LogP contribution in [0.2, 0.25) is 0 Å². The Morgan fingerprint density at radius 1 is 1.35 bits per heavy atom. The third-order valence-corrected chi connectivity index (χ3v) is 5.17. The van der Waals surface area contributed by atoms with Crippen molar-refractivity contribution < 1.29 is 9.18 Å². The van der Waals surface area contributed by atoms with Gasteiger partial charge in [0.25, 0.3) is 0 Å². The number of nitrogens with one attached hydrogen (secondary N) is 1. The number of likely N-dealkylation sites (N-methyl/N-ethyl adjacent to an activating group) is 1. The van der Waals surface area contributed by atoms with Gasteiger partial charge in [0.05, 0.1) is 12.1 Å². The van der Waals surface area contributed by atoms with E-state index < -0.39 is 0 Å². The molecule has 1 N–H and O–H groups in total. The molecule has 0 atom stereocenters. The number of nitrogens with zero attached hydrogens (tertiary/aromatic N) is 3. The summed E-state index contributed by atoms with van der Waals surface area (Å²) in [6.45, 7) is 5.25. The smallest absolute Gasteiger partial charge is 0.233 e. The number of aromatic nitrogens is 1. The van der Waals surface area contributed by atoms with E-state index in [2.05, 4.69) is 27.1 Å². The van der Waals surface area contributed by atoms with Gasteiger partial charge in [-0.15, -0.1) is 0 Å². The predicted octanol–water partition coefficient (Wildman–Crippen LogP) is 2.58. The van der Waals surface area contributed by atoms with Crippen LogP contribution in [0, 0.1) is 18.7 Å². The van der Waals surface area contributed by atoms with Crippen LogP contribution in [0.5, 0.6) is 0 Å². The quantitative estimate of drug-likeness (QED) is 0.893. The molecule has 0 radical (unpaired) electrons. The zero-order chi connectivity index (χ0) is 18.7. The molecule has 0 aliphatic carbocycles. The Bertz CT molecular complexity index is 787. The number of pyridine rings is 1. The van der Waals surface area contributed by atoms with E-state index in [-0.39, 0.29) is 11.7 Å². The molecule has 0 unspecified atom stereocenters. The van der Waals surface area contributed by atoms with E-state index in [1.54, 1.807) is 19.2 Å². The number of piperidine rings is 1. The van der Waals surface area contributed by atoms with Crippen LogP contribution in [0.15, 0.2) is 24.3 Å². The van der Waals surface area contributed by atoms with Crippen LogP contribution in [0.4, 0.5) is 10.1 Å². The number of carbonyl (C=O) groups is 1. The van der Waals surface area contributed by atoms with Gasteiger partial charge in [0, 0.05) is 37.4 Å². The second-order valence-corrected chi connectivity index (χ2v) is 7.22. The largest absolute Gasteiger partial charge is 0.374 e. The zero-order valence-electron chi connectivity index (χ0n) is 15.8. The summed E-state index contributed by atoms with van der Waals surface area (Å²) in [5, 5.41) is 3.54. The monoisotopic (exact) mass is 358 g/mol. The fraction of sp³-hybridized carbons (Fsp3) is 0.500. The lowest BCUT2D eigenvalue weighted by molar-refractivity contribution is -0.122. The van der Waals surface area contributed by atoms with Gasteiger partial charge < -0.3 is 10.2 Å². The number of carbonyl (C=O) groups excluding carboxylic acids is 1. The molecule has 2 aromatic rings. The third kappa shape index (κ3) is 4.30. The van der Waals surface area contributed by atoms with E-state index in [9.17, 15) is 9.18 Å². The number of rotatable bonds is 5. The first-order chi connectivity index (χ1) is 12.5. The Labute approximate surface area is 154 Å². The minimum absolute atomic E-state index is 0.0707. The van der Waals surface area contributed by atoms with Crippen molar-refractivity contribution in [2.75, 3.05) is 45.2 Å². The molecule has 1 aromatic heterocycles. The van der Waals surface area contributed by atoms with Crippen molar-refractivity contribution in [3.63, 3.8) is 0 Å². The van der Waals surface area contributed by atoms with Gasteiger partial charge >= 0.3 is 0 Å². The Morgan fingerprint density at radius 2 is 2.08 bits per heavy atom. The van der Waals surface area contributed by atoms with Gasteiger partial charge in [0.15, 0.2) is 0 Å². The van der Waals surface area contributed by atoms with Crippen LogP contribution in [0.25, 0.3) is 10.9 Å². The first-order valence-electron chi connectivity index (χ1n) is 9.17. The zero-order valence-corrected chi connectivity index (χ0v) is 15.8. The van der Waals surface area contributed by atoms with Crippen molar-refractivity contribution in [2.24, 2.45) is 5.92 Å². The van der Waals surface area contributed by atoms with E-state index in [1.165, 1.54) is 6.07 Å². The minimum atomic E-state index is -0.236. The average molecular weight is 358 g/mol. The van der Waals surface area contributed by atoms with Crippen LogP contribution in [0.3, 0.4) is 0 Å². The standard InChI is InChI=1S/C20H27FN4O/c1-14-10-19(17-11-16(21)4-5-18(17)23-14)24(3)12-15-6-8-25(9-7-15)13-20(26)22-2/h4-5,10-11,15H,6-9,12-13H2,1-3H3,(H,22,26). The lowest BCUT2D eigenvalue weighted by Crippen LogP contribution is -2.42. The van der Waals surface area contributed by atoms with Gasteiger partial charge in [-0.1, -0.05) is 0 Å². The number of amides is 1. The molecule has 1 aliphatic rings. The fourth-order valence-electron chi connectivity index (χ4n) is 3.72. The number of benzene rings is 1. The Morgan fingerprint density at radius 3 is 2.77 bits per heavy atom. The number of likely N-dealkylation sites (tertiary alicyclic amines) is 1. The predicted molar refractivity (Wildman–Crippen MR) is 103 cm³/mol. The van der Waals surface area contributed by atoms with Gasteiger partial charge in [-0.05, 0) is 63.0 Å². The summed E-state index contributed by atoms with van der Waals surface area (Å²) in [5.74, 6) is 0.402. The maximum atomic E-state index is 13.7. The number of hydrogen-bond donors (Lipinski definition) is 1. The van der Waals surface area contributed by atoms with E-state index in [0.29, 0.717) is 12.5 Å². The first-order valence-corrected chi connectivity index (χ1v) is 9.17. The molecule has 0 spiro atoms. The second kappa shape index (κ2) is 7.99. The molecule has 6 heteroatoms. The molecule has 0 saturated carbocycles. The van der Waals surface area contributed by atoms with E-state index in [1.807, 2.05) is 13.0 Å². The Hall–Kier alpha value is -2.21. The van der Waals surface area contributed by atoms with Crippen LogP contribution in [0.1, 0.15) is 18.5 Å². The molecule has 2 heterocycles. The highest BCUT2D eigenvalue weighted by Crippen LogP contribution is 2.28. The van der Waals surface area contributed by atoms with Gasteiger partial charge in [-0.2, -0.15) is 0 Å². The maximum absolute atomic E-state index is 13.7. The van der Waals surface area contributed by atoms with Gasteiger partial charge in [-0.3, -0.25) is 14.7 Å². The maximum Gasteiger partial charge on any atom is 0.233 e. The Kier molecular flexibility index (Phi) is 5.71. The van der Waals surface area contributed by atoms with Gasteiger partial charge in [-0.25, -0.2) is 4.39 Å². The summed E-state index contributed by atoms with van der Waals surface area (Å²) < 4.78 is 13.7. The molecule has 1 amide bonds. The summed E-state index contributed by atoms with van der Waals surface area (Å²) in [6.07, 6.45) is 2.13. The highest BCUT2D eigenvalue weighted by molar-refractivity contribution is 5.92. The van der Waals surface area contributed by atoms with Crippen molar-refractivity contribution in [3.05, 3.63) is 35.8 Å². The van der Waals surface area contributed by atoms with Gasteiger partial charge in [0.1, 0.15) is 5.82 Å². The molecule has 1 saturated heterocycles. The molecule has 1 aromatic carbocycles. The van der Waals surface area contributed by atoms with Crippen molar-refractivity contribution in [3.8, 4) is 0 Å². The van der Waals surface area contributed by atoms with Crippen molar-refractivity contribution in [1.29, 1.82) is 0 Å². The molecule has 1 aliphatic heterocycles. The number of fused-ring (bicyclic) bond motifs is 1. The number of anilines is 1. The molecular weight excluding hydrogens is 331 g/mol. The highest BCUT2D eigenvalue weighted by atomic mass is 19.1. The van der Waals surface area contributed by atoms with Crippen molar-refractivity contribution in [1.82, 2.24) is 15.2 Å². The Balaban J connectivity index is 1.68. The number of hydrogen-bond acceptors (Lipinski definition) is 4. The van der Waals surface area contributed by atoms with Crippen LogP contribution >= 0.6 is 0 Å². The summed E-state index contributed by atoms with van der Waals surface area (Å²) in [7, 11) is 3.74. The summed E-state index contributed by atoms with van der Waals surface area (Å²) in [6, 6.07) is 6.80. The average Bonchev–Trinajstić information content (AvgIpc) is 2.62. The summed E-state index contributed by atoms with van der Waals surface area (Å²) >= 11 is 0. The first kappa shape index (κ1) is 18.6. The van der Waals surface area contributed by atoms with E-state index >= 15 is 0 Å². The number of aryl methyl sites for hydroxylation is 1. The lowest BCUT2D eigenvalue weighted by atomic mass is 9.96. The molecule has 26 heavy (non-hydrogen) atoms. The van der Waals surface area contributed by atoms with Gasteiger partial charge in [0.2, 0.25) is 5.91 Å². The normalized spacial score (nSPS) is 16.0. The molecule has 140 valence electrons. The molecule has 3 rings (SSSR count). The van der Waals surface area contributed by atoms with Crippen LogP contribution in [-0.2, 0) is 4.79 Å². The summed E-state index contributed by atoms with van der Waals surface area (Å²) in [4.78, 5) is 20.4. The van der Waals surface area contributed by atoms with Crippen molar-refractivity contribution in [2.45, 2.75) is 19.8 Å². The number of halogens is 1. The molecule has 1 fully saturated rings. The third-order valence-electron chi connectivity index (χ3n) is 5.17. The SMILES string of the molecule is CNC(=O)CN1CCC(CN(C)c2cc(C)nc3ccc(F)cc23)CC1. The molecule has 0 bridgehead atoms. The molecule has 5 nitrogen and oxygen atoms in total. The molecular formula is C20H27FN4O.